The van der Waals surface area contributed by atoms with E-state index in [-0.39, 0.29) is 17.9 Å². The minimum absolute atomic E-state index is 0.123. The van der Waals surface area contributed by atoms with Crippen LogP contribution in [0.3, 0.4) is 0 Å². The van der Waals surface area contributed by atoms with E-state index in [1.54, 1.807) is 19.1 Å². The van der Waals surface area contributed by atoms with Crippen molar-refractivity contribution in [2.75, 3.05) is 11.9 Å². The average Bonchev–Trinajstić information content (AvgIpc) is 2.58. The van der Waals surface area contributed by atoms with Gasteiger partial charge in [-0.25, -0.2) is 14.3 Å². The van der Waals surface area contributed by atoms with Crippen LogP contribution in [0.25, 0.3) is 0 Å². The normalized spacial score (nSPS) is 11.9. The molecule has 25 heavy (non-hydrogen) atoms. The lowest BCUT2D eigenvalue weighted by atomic mass is 10.1. The van der Waals surface area contributed by atoms with E-state index < -0.39 is 23.6 Å². The summed E-state index contributed by atoms with van der Waals surface area (Å²) in [5.74, 6) is -3.00. The highest BCUT2D eigenvalue weighted by atomic mass is 127. The molecular weight excluding hydrogens is 445 g/mol. The van der Waals surface area contributed by atoms with Gasteiger partial charge in [-0.2, -0.15) is 0 Å². The van der Waals surface area contributed by atoms with Gasteiger partial charge in [-0.3, -0.25) is 9.63 Å². The fourth-order valence-corrected chi connectivity index (χ4v) is 2.66. The zero-order valence-electron chi connectivity index (χ0n) is 13.6. The standard InChI is InChI=1S/C17H17F2IN2O3/c1-9-7-11(20)3-6-14(9)21-16-12(4-5-13(18)15(16)19)17(24)22-25-10(2)8-23/h3-7,10,21,23H,8H2,1-2H3,(H,22,24). The Balaban J connectivity index is 2.35. The van der Waals surface area contributed by atoms with E-state index in [1.807, 2.05) is 13.0 Å². The lowest BCUT2D eigenvalue weighted by Gasteiger charge is -2.16. The molecule has 5 nitrogen and oxygen atoms in total. The van der Waals surface area contributed by atoms with E-state index in [2.05, 4.69) is 33.4 Å². The van der Waals surface area contributed by atoms with E-state index in [9.17, 15) is 13.6 Å². The summed E-state index contributed by atoms with van der Waals surface area (Å²) in [5, 5.41) is 11.7. The molecule has 1 amide bonds. The van der Waals surface area contributed by atoms with E-state index >= 15 is 0 Å². The highest BCUT2D eigenvalue weighted by molar-refractivity contribution is 14.1. The highest BCUT2D eigenvalue weighted by Gasteiger charge is 2.20. The minimum atomic E-state index is -1.17. The molecule has 2 aromatic carbocycles. The summed E-state index contributed by atoms with van der Waals surface area (Å²) < 4.78 is 28.9. The van der Waals surface area contributed by atoms with Gasteiger partial charge in [-0.1, -0.05) is 0 Å². The first-order valence-corrected chi connectivity index (χ1v) is 8.49. The summed E-state index contributed by atoms with van der Waals surface area (Å²) in [4.78, 5) is 17.2. The number of hydrogen-bond donors (Lipinski definition) is 3. The molecule has 0 aliphatic carbocycles. The average molecular weight is 462 g/mol. The topological polar surface area (TPSA) is 70.6 Å². The maximum Gasteiger partial charge on any atom is 0.277 e. The number of aliphatic hydroxyl groups is 1. The first-order chi connectivity index (χ1) is 11.8. The predicted octanol–water partition coefficient (Wildman–Crippen LogP) is 3.66. The number of anilines is 2. The monoisotopic (exact) mass is 462 g/mol. The van der Waals surface area contributed by atoms with Gasteiger partial charge in [0, 0.05) is 9.26 Å². The van der Waals surface area contributed by atoms with Crippen molar-refractivity contribution < 1.29 is 23.5 Å². The minimum Gasteiger partial charge on any atom is -0.394 e. The Morgan fingerprint density at radius 1 is 1.32 bits per heavy atom. The number of rotatable bonds is 6. The SMILES string of the molecule is Cc1cc(I)ccc1Nc1c(C(=O)NOC(C)CO)ccc(F)c1F. The van der Waals surface area contributed by atoms with E-state index in [4.69, 9.17) is 9.94 Å². The Morgan fingerprint density at radius 3 is 2.68 bits per heavy atom. The molecule has 0 aliphatic heterocycles. The molecule has 0 radical (unpaired) electrons. The molecule has 0 fully saturated rings. The molecule has 0 spiro atoms. The quantitative estimate of drug-likeness (QED) is 0.453. The highest BCUT2D eigenvalue weighted by Crippen LogP contribution is 2.28. The Bertz CT molecular complexity index is 787. The number of benzene rings is 2. The number of carbonyl (C=O) groups excluding carboxylic acids is 1. The largest absolute Gasteiger partial charge is 0.394 e. The fraction of sp³-hybridized carbons (Fsp3) is 0.235. The molecule has 2 aromatic rings. The molecule has 0 heterocycles. The number of hydroxylamine groups is 1. The third-order valence-corrected chi connectivity index (χ3v) is 4.07. The van der Waals surface area contributed by atoms with Gasteiger partial charge in [0.1, 0.15) is 6.10 Å². The van der Waals surface area contributed by atoms with Crippen LogP contribution in [0.2, 0.25) is 0 Å². The zero-order chi connectivity index (χ0) is 18.6. The summed E-state index contributed by atoms with van der Waals surface area (Å²) in [6.45, 7) is 3.05. The summed E-state index contributed by atoms with van der Waals surface area (Å²) in [6.07, 6.45) is -0.635. The molecule has 2 rings (SSSR count). The van der Waals surface area contributed by atoms with Crippen LogP contribution in [-0.4, -0.2) is 23.7 Å². The lowest BCUT2D eigenvalue weighted by molar-refractivity contribution is -0.0304. The van der Waals surface area contributed by atoms with Crippen LogP contribution >= 0.6 is 22.6 Å². The molecule has 1 atom stereocenters. The van der Waals surface area contributed by atoms with Crippen LogP contribution in [0.4, 0.5) is 20.2 Å². The van der Waals surface area contributed by atoms with E-state index in [1.165, 1.54) is 0 Å². The van der Waals surface area contributed by atoms with Crippen LogP contribution in [-0.2, 0) is 4.84 Å². The second-order valence-electron chi connectivity index (χ2n) is 5.41. The van der Waals surface area contributed by atoms with Crippen molar-refractivity contribution >= 4 is 39.9 Å². The van der Waals surface area contributed by atoms with E-state index in [0.717, 1.165) is 21.3 Å². The third kappa shape index (κ3) is 4.86. The number of nitrogens with one attached hydrogen (secondary N) is 2. The molecule has 0 aliphatic rings. The van der Waals surface area contributed by atoms with Gasteiger partial charge in [0.2, 0.25) is 0 Å². The smallest absolute Gasteiger partial charge is 0.277 e. The first-order valence-electron chi connectivity index (χ1n) is 7.41. The number of aliphatic hydroxyl groups excluding tert-OH is 1. The third-order valence-electron chi connectivity index (χ3n) is 3.40. The van der Waals surface area contributed by atoms with Crippen LogP contribution < -0.4 is 10.8 Å². The summed E-state index contributed by atoms with van der Waals surface area (Å²) in [7, 11) is 0. The Labute approximate surface area is 157 Å². The van der Waals surface area contributed by atoms with E-state index in [0.29, 0.717) is 5.69 Å². The number of carbonyl (C=O) groups is 1. The van der Waals surface area contributed by atoms with Crippen LogP contribution in [0.5, 0.6) is 0 Å². The van der Waals surface area contributed by atoms with Gasteiger partial charge < -0.3 is 10.4 Å². The Morgan fingerprint density at radius 2 is 2.04 bits per heavy atom. The second kappa shape index (κ2) is 8.54. The molecule has 1 unspecified atom stereocenters. The van der Waals surface area contributed by atoms with Gasteiger partial charge in [-0.05, 0) is 72.3 Å². The molecule has 134 valence electrons. The first kappa shape index (κ1) is 19.5. The van der Waals surface area contributed by atoms with Crippen molar-refractivity contribution in [3.8, 4) is 0 Å². The summed E-state index contributed by atoms with van der Waals surface area (Å²) in [5.41, 5.74) is 3.06. The number of hydrogen-bond acceptors (Lipinski definition) is 4. The van der Waals surface area contributed by atoms with Crippen molar-refractivity contribution in [1.29, 1.82) is 0 Å². The fourth-order valence-electron chi connectivity index (χ4n) is 2.01. The van der Waals surface area contributed by atoms with Crippen LogP contribution in [0.1, 0.15) is 22.8 Å². The van der Waals surface area contributed by atoms with Crippen LogP contribution in [0.15, 0.2) is 30.3 Å². The number of amides is 1. The van der Waals surface area contributed by atoms with Crippen molar-refractivity contribution in [3.63, 3.8) is 0 Å². The molecule has 0 saturated heterocycles. The van der Waals surface area contributed by atoms with Gasteiger partial charge in [0.05, 0.1) is 17.9 Å². The molecule has 0 bridgehead atoms. The number of aryl methyl sites for hydroxylation is 1. The van der Waals surface area contributed by atoms with Gasteiger partial charge in [-0.15, -0.1) is 0 Å². The Kier molecular flexibility index (Phi) is 6.68. The number of halogens is 3. The molecule has 0 saturated carbocycles. The summed E-state index contributed by atoms with van der Waals surface area (Å²) >= 11 is 2.14. The summed E-state index contributed by atoms with van der Waals surface area (Å²) in [6, 6.07) is 7.41. The van der Waals surface area contributed by atoms with Crippen molar-refractivity contribution in [1.82, 2.24) is 5.48 Å². The van der Waals surface area contributed by atoms with Gasteiger partial charge in [0.25, 0.3) is 5.91 Å². The molecule has 8 heteroatoms. The Hall–Kier alpha value is -1.78. The van der Waals surface area contributed by atoms with Gasteiger partial charge >= 0.3 is 0 Å². The van der Waals surface area contributed by atoms with Crippen molar-refractivity contribution in [2.24, 2.45) is 0 Å². The zero-order valence-corrected chi connectivity index (χ0v) is 15.7. The van der Waals surface area contributed by atoms with Crippen molar-refractivity contribution in [2.45, 2.75) is 20.0 Å². The second-order valence-corrected chi connectivity index (χ2v) is 6.66. The van der Waals surface area contributed by atoms with Gasteiger partial charge in [0.15, 0.2) is 11.6 Å². The van der Waals surface area contributed by atoms with Crippen LogP contribution in [0, 0.1) is 22.1 Å². The lowest BCUT2D eigenvalue weighted by Crippen LogP contribution is -2.30. The maximum absolute atomic E-state index is 14.3. The molecule has 0 aromatic heterocycles. The maximum atomic E-state index is 14.3. The molecule has 3 N–H and O–H groups in total. The molecular formula is C17H17F2IN2O3. The van der Waals surface area contributed by atoms with Crippen molar-refractivity contribution in [3.05, 3.63) is 56.7 Å². The predicted molar refractivity (Wildman–Crippen MR) is 98.6 cm³/mol.